The van der Waals surface area contributed by atoms with E-state index in [-0.39, 0.29) is 23.5 Å². The van der Waals surface area contributed by atoms with Gasteiger partial charge < -0.3 is 20.5 Å². The highest BCUT2D eigenvalue weighted by atomic mass is 19.3. The lowest BCUT2D eigenvalue weighted by molar-refractivity contribution is -0.196. The van der Waals surface area contributed by atoms with E-state index in [2.05, 4.69) is 27.7 Å². The van der Waals surface area contributed by atoms with Crippen molar-refractivity contribution in [2.24, 2.45) is 0 Å². The number of aliphatic hydroxyl groups excluding tert-OH is 1. The van der Waals surface area contributed by atoms with Crippen molar-refractivity contribution in [2.75, 3.05) is 25.0 Å². The zero-order chi connectivity index (χ0) is 23.2. The fraction of sp³-hybridized carbons (Fsp3) is 0.417. The number of benzene rings is 2. The zero-order valence-electron chi connectivity index (χ0n) is 17.9. The van der Waals surface area contributed by atoms with Gasteiger partial charge in [-0.1, -0.05) is 24.3 Å². The molecule has 1 spiro atoms. The maximum atomic E-state index is 13.3. The van der Waals surface area contributed by atoms with Crippen molar-refractivity contribution in [3.05, 3.63) is 59.2 Å². The zero-order valence-corrected chi connectivity index (χ0v) is 17.9. The number of carbonyl (C=O) groups excluding carboxylic acids is 2. The Hall–Kier alpha value is -3.04. The third kappa shape index (κ3) is 4.30. The van der Waals surface area contributed by atoms with E-state index in [4.69, 9.17) is 4.74 Å². The molecule has 2 amide bonds. The lowest BCUT2D eigenvalue weighted by atomic mass is 9.75. The van der Waals surface area contributed by atoms with Gasteiger partial charge in [-0.2, -0.15) is 0 Å². The third-order valence-electron chi connectivity index (χ3n) is 6.47. The summed E-state index contributed by atoms with van der Waals surface area (Å²) in [6, 6.07) is 12.7. The molecule has 33 heavy (non-hydrogen) atoms. The molecule has 1 saturated carbocycles. The lowest BCUT2D eigenvalue weighted by Crippen LogP contribution is -2.63. The number of fused-ring (bicyclic) bond motifs is 2. The first kappa shape index (κ1) is 21.8. The third-order valence-corrected chi connectivity index (χ3v) is 6.47. The highest BCUT2D eigenvalue weighted by molar-refractivity contribution is 6.03. The summed E-state index contributed by atoms with van der Waals surface area (Å²) < 4.78 is 32.2. The Bertz CT molecular complexity index is 1100. The monoisotopic (exact) mass is 457 g/mol. The van der Waals surface area contributed by atoms with Gasteiger partial charge in [0.2, 0.25) is 0 Å². The van der Waals surface area contributed by atoms with Gasteiger partial charge in [0.1, 0.15) is 5.75 Å². The smallest absolute Gasteiger partial charge is 0.269 e. The first-order chi connectivity index (χ1) is 15.7. The molecule has 2 aromatic rings. The number of halogens is 2. The molecular formula is C24H25F2N3O4. The van der Waals surface area contributed by atoms with Crippen LogP contribution in [0.5, 0.6) is 5.75 Å². The number of hydrogen-bond donors (Lipinski definition) is 3. The van der Waals surface area contributed by atoms with Gasteiger partial charge in [0.15, 0.2) is 5.60 Å². The fourth-order valence-corrected chi connectivity index (χ4v) is 4.75. The molecular weight excluding hydrogens is 432 g/mol. The van der Waals surface area contributed by atoms with Crippen molar-refractivity contribution >= 4 is 17.5 Å². The molecule has 9 heteroatoms. The number of β-amino-alcohol motifs (C(OH)–C–C–N with tert-alkyl or cyclic N) is 1. The second-order valence-electron chi connectivity index (χ2n) is 9.09. The van der Waals surface area contributed by atoms with Crippen molar-refractivity contribution in [2.45, 2.75) is 43.4 Å². The van der Waals surface area contributed by atoms with E-state index in [0.29, 0.717) is 6.54 Å². The molecule has 2 aliphatic heterocycles. The van der Waals surface area contributed by atoms with Crippen LogP contribution in [0.2, 0.25) is 0 Å². The molecule has 2 heterocycles. The minimum atomic E-state index is -2.91. The Morgan fingerprint density at radius 1 is 1.21 bits per heavy atom. The van der Waals surface area contributed by atoms with Crippen LogP contribution in [0.1, 0.15) is 34.3 Å². The predicted octanol–water partition coefficient (Wildman–Crippen LogP) is 2.33. The maximum Gasteiger partial charge on any atom is 0.269 e. The quantitative estimate of drug-likeness (QED) is 0.641. The van der Waals surface area contributed by atoms with Crippen LogP contribution >= 0.6 is 0 Å². The van der Waals surface area contributed by atoms with E-state index in [1.165, 1.54) is 29.3 Å². The number of anilines is 1. The summed E-state index contributed by atoms with van der Waals surface area (Å²) in [4.78, 5) is 27.0. The molecule has 0 bridgehead atoms. The SMILES string of the molecule is O=C(NCC(O)CN1CCc2ccccc2C1)c1ccc2c(c1)NC(=O)C1(CC(F)(F)C1)O2. The second-order valence-corrected chi connectivity index (χ2v) is 9.09. The van der Waals surface area contributed by atoms with Gasteiger partial charge in [-0.3, -0.25) is 14.5 Å². The van der Waals surface area contributed by atoms with E-state index in [9.17, 15) is 23.5 Å². The van der Waals surface area contributed by atoms with Crippen molar-refractivity contribution < 1.29 is 28.2 Å². The molecule has 1 unspecified atom stereocenters. The summed E-state index contributed by atoms with van der Waals surface area (Å²) in [5.74, 6) is -3.69. The number of ether oxygens (including phenoxy) is 1. The van der Waals surface area contributed by atoms with Crippen molar-refractivity contribution in [1.29, 1.82) is 0 Å². The molecule has 3 N–H and O–H groups in total. The van der Waals surface area contributed by atoms with Crippen LogP contribution < -0.4 is 15.4 Å². The molecule has 3 aliphatic rings. The minimum absolute atomic E-state index is 0.0785. The Morgan fingerprint density at radius 3 is 2.73 bits per heavy atom. The predicted molar refractivity (Wildman–Crippen MR) is 116 cm³/mol. The van der Waals surface area contributed by atoms with E-state index in [0.717, 1.165) is 19.5 Å². The molecule has 1 aliphatic carbocycles. The number of aliphatic hydroxyl groups is 1. The largest absolute Gasteiger partial charge is 0.475 e. The number of hydrogen-bond acceptors (Lipinski definition) is 5. The second kappa shape index (κ2) is 8.07. The Balaban J connectivity index is 1.15. The molecule has 7 nitrogen and oxygen atoms in total. The van der Waals surface area contributed by atoms with Crippen molar-refractivity contribution in [3.8, 4) is 5.75 Å². The number of carbonyl (C=O) groups is 2. The molecule has 1 fully saturated rings. The van der Waals surface area contributed by atoms with Crippen LogP contribution in [0, 0.1) is 0 Å². The summed E-state index contributed by atoms with van der Waals surface area (Å²) in [5.41, 5.74) is 1.58. The molecule has 0 aromatic heterocycles. The summed E-state index contributed by atoms with van der Waals surface area (Å²) in [6.07, 6.45) is -1.13. The van der Waals surface area contributed by atoms with Crippen LogP contribution in [0.3, 0.4) is 0 Å². The van der Waals surface area contributed by atoms with E-state index < -0.39 is 42.3 Å². The van der Waals surface area contributed by atoms with Gasteiger partial charge in [0.25, 0.3) is 17.7 Å². The standard InChI is InChI=1S/C24H25F2N3O4/c25-24(26)13-23(14-24)22(32)28-19-9-16(5-6-20(19)33-23)21(31)27-10-18(30)12-29-8-7-15-3-1-2-4-17(15)11-29/h1-6,9,18,30H,7-8,10-14H2,(H,27,31)(H,28,32). The molecule has 1 atom stereocenters. The van der Waals surface area contributed by atoms with E-state index in [1.807, 2.05) is 12.1 Å². The van der Waals surface area contributed by atoms with E-state index >= 15 is 0 Å². The van der Waals surface area contributed by atoms with Crippen LogP contribution in [0.25, 0.3) is 0 Å². The highest BCUT2D eigenvalue weighted by Crippen LogP contribution is 2.51. The Labute approximate surface area is 189 Å². The molecule has 0 radical (unpaired) electrons. The average Bonchev–Trinajstić information content (AvgIpc) is 2.76. The average molecular weight is 457 g/mol. The molecule has 174 valence electrons. The Morgan fingerprint density at radius 2 is 1.97 bits per heavy atom. The van der Waals surface area contributed by atoms with Crippen LogP contribution in [0.4, 0.5) is 14.5 Å². The number of alkyl halides is 2. The van der Waals surface area contributed by atoms with Gasteiger partial charge >= 0.3 is 0 Å². The van der Waals surface area contributed by atoms with Crippen molar-refractivity contribution in [1.82, 2.24) is 10.2 Å². The van der Waals surface area contributed by atoms with Crippen LogP contribution in [-0.2, 0) is 17.8 Å². The summed E-state index contributed by atoms with van der Waals surface area (Å²) in [6.45, 7) is 2.13. The number of nitrogens with zero attached hydrogens (tertiary/aromatic N) is 1. The molecule has 2 aromatic carbocycles. The van der Waals surface area contributed by atoms with E-state index in [1.54, 1.807) is 0 Å². The van der Waals surface area contributed by atoms with Gasteiger partial charge in [-0.05, 0) is 35.7 Å². The summed E-state index contributed by atoms with van der Waals surface area (Å²) >= 11 is 0. The first-order valence-corrected chi connectivity index (χ1v) is 11.0. The summed E-state index contributed by atoms with van der Waals surface area (Å²) in [7, 11) is 0. The maximum absolute atomic E-state index is 13.3. The Kier molecular flexibility index (Phi) is 5.33. The number of rotatable bonds is 5. The first-order valence-electron chi connectivity index (χ1n) is 11.0. The minimum Gasteiger partial charge on any atom is -0.475 e. The van der Waals surface area contributed by atoms with Gasteiger partial charge in [0, 0.05) is 31.7 Å². The van der Waals surface area contributed by atoms with Gasteiger partial charge in [0.05, 0.1) is 24.6 Å². The topological polar surface area (TPSA) is 90.9 Å². The van der Waals surface area contributed by atoms with Crippen LogP contribution in [0.15, 0.2) is 42.5 Å². The molecule has 0 saturated heterocycles. The number of nitrogens with one attached hydrogen (secondary N) is 2. The summed E-state index contributed by atoms with van der Waals surface area (Å²) in [5, 5.41) is 15.7. The van der Waals surface area contributed by atoms with Crippen molar-refractivity contribution in [3.63, 3.8) is 0 Å². The van der Waals surface area contributed by atoms with Gasteiger partial charge in [-0.25, -0.2) is 8.78 Å². The normalized spacial score (nSPS) is 21.1. The van der Waals surface area contributed by atoms with Crippen LogP contribution in [-0.4, -0.2) is 59.1 Å². The number of amides is 2. The lowest BCUT2D eigenvalue weighted by Gasteiger charge is -2.47. The fourth-order valence-electron chi connectivity index (χ4n) is 4.75. The van der Waals surface area contributed by atoms with Gasteiger partial charge in [-0.15, -0.1) is 0 Å². The molecule has 5 rings (SSSR count). The highest BCUT2D eigenvalue weighted by Gasteiger charge is 2.64.